The highest BCUT2D eigenvalue weighted by atomic mass is 32.2. The Morgan fingerprint density at radius 3 is 2.50 bits per heavy atom. The van der Waals surface area contributed by atoms with Gasteiger partial charge in [-0.25, -0.2) is 13.1 Å². The number of hydrazone groups is 1. The minimum Gasteiger partial charge on any atom is -0.358 e. The van der Waals surface area contributed by atoms with E-state index in [9.17, 15) is 8.42 Å². The van der Waals surface area contributed by atoms with Crippen LogP contribution in [0.4, 0.5) is 0 Å². The molecule has 7 nitrogen and oxygen atoms in total. The topological polar surface area (TPSA) is 88.4 Å². The Hall–Kier alpha value is -3.04. The lowest BCUT2D eigenvalue weighted by molar-refractivity contribution is 0.600. The summed E-state index contributed by atoms with van der Waals surface area (Å²) < 4.78 is 25.0. The van der Waals surface area contributed by atoms with Crippen molar-refractivity contribution in [1.82, 2.24) is 20.5 Å². The summed E-state index contributed by atoms with van der Waals surface area (Å²) in [4.78, 5) is 0. The minimum atomic E-state index is -2.96. The highest BCUT2D eigenvalue weighted by molar-refractivity contribution is 7.91. The van der Waals surface area contributed by atoms with E-state index in [1.807, 2.05) is 71.5 Å². The van der Waals surface area contributed by atoms with E-state index in [0.29, 0.717) is 11.5 Å². The maximum absolute atomic E-state index is 11.6. The molecule has 2 heterocycles. The van der Waals surface area contributed by atoms with Gasteiger partial charge in [-0.1, -0.05) is 48.5 Å². The van der Waals surface area contributed by atoms with Crippen LogP contribution in [-0.4, -0.2) is 47.1 Å². The monoisotopic (exact) mass is 439 g/mol. The second-order valence-electron chi connectivity index (χ2n) is 7.02. The van der Waals surface area contributed by atoms with Crippen LogP contribution >= 0.6 is 12.2 Å². The zero-order valence-electron chi connectivity index (χ0n) is 16.1. The SMILES string of the molecule is O=S1(=O)CC[C@H](NC(=S)N/N=C\c2cn(-c3ccccc3)nc2-c2ccccc2)C1. The van der Waals surface area contributed by atoms with Gasteiger partial charge in [-0.05, 0) is 30.8 Å². The van der Waals surface area contributed by atoms with E-state index < -0.39 is 9.84 Å². The molecule has 0 amide bonds. The summed E-state index contributed by atoms with van der Waals surface area (Å²) in [7, 11) is -2.96. The Kier molecular flexibility index (Phi) is 5.91. The van der Waals surface area contributed by atoms with Crippen LogP contribution in [0.3, 0.4) is 0 Å². The highest BCUT2D eigenvalue weighted by Crippen LogP contribution is 2.22. The van der Waals surface area contributed by atoms with Gasteiger partial charge in [0.05, 0.1) is 23.4 Å². The standard InChI is InChI=1S/C21H21N5O2S2/c27-30(28)12-11-18(15-30)23-21(29)24-22-13-17-14-26(19-9-5-2-6-10-19)25-20(17)16-7-3-1-4-8-16/h1-10,13-14,18H,11-12,15H2,(H2,23,24,29)/b22-13-/t18-/m0/s1. The molecule has 2 N–H and O–H groups in total. The number of para-hydroxylation sites is 1. The first kappa shape index (κ1) is 20.2. The minimum absolute atomic E-state index is 0.0978. The second kappa shape index (κ2) is 8.76. The van der Waals surface area contributed by atoms with Crippen LogP contribution in [0.1, 0.15) is 12.0 Å². The quantitative estimate of drug-likeness (QED) is 0.361. The van der Waals surface area contributed by atoms with E-state index >= 15 is 0 Å². The molecule has 3 aromatic rings. The molecule has 1 fully saturated rings. The maximum atomic E-state index is 11.6. The van der Waals surface area contributed by atoms with Crippen LogP contribution in [-0.2, 0) is 9.84 Å². The zero-order valence-corrected chi connectivity index (χ0v) is 17.7. The summed E-state index contributed by atoms with van der Waals surface area (Å²) in [5.41, 5.74) is 6.31. The molecule has 1 atom stereocenters. The molecule has 4 rings (SSSR count). The predicted molar refractivity (Wildman–Crippen MR) is 123 cm³/mol. The van der Waals surface area contributed by atoms with Crippen LogP contribution in [0.5, 0.6) is 0 Å². The third kappa shape index (κ3) is 4.92. The summed E-state index contributed by atoms with van der Waals surface area (Å²) in [5.74, 6) is 0.288. The number of aromatic nitrogens is 2. The number of hydrogen-bond acceptors (Lipinski definition) is 5. The van der Waals surface area contributed by atoms with Crippen molar-refractivity contribution in [2.24, 2.45) is 5.10 Å². The summed E-state index contributed by atoms with van der Waals surface area (Å²) in [6.07, 6.45) is 4.12. The van der Waals surface area contributed by atoms with Crippen molar-refractivity contribution >= 4 is 33.4 Å². The molecule has 9 heteroatoms. The molecule has 0 unspecified atom stereocenters. The fourth-order valence-corrected chi connectivity index (χ4v) is 5.19. The van der Waals surface area contributed by atoms with Gasteiger partial charge in [0.2, 0.25) is 0 Å². The average molecular weight is 440 g/mol. The smallest absolute Gasteiger partial charge is 0.187 e. The third-order valence-corrected chi connectivity index (χ3v) is 6.72. The Morgan fingerprint density at radius 2 is 1.83 bits per heavy atom. The zero-order chi connectivity index (χ0) is 21.0. The number of nitrogens with one attached hydrogen (secondary N) is 2. The Bertz CT molecular complexity index is 1160. The number of benzene rings is 2. The number of hydrogen-bond donors (Lipinski definition) is 2. The molecule has 1 saturated heterocycles. The van der Waals surface area contributed by atoms with E-state index in [-0.39, 0.29) is 17.5 Å². The van der Waals surface area contributed by atoms with Crippen molar-refractivity contribution in [2.75, 3.05) is 11.5 Å². The lowest BCUT2D eigenvalue weighted by Crippen LogP contribution is -2.40. The molecule has 1 aromatic heterocycles. The van der Waals surface area contributed by atoms with E-state index in [0.717, 1.165) is 22.5 Å². The van der Waals surface area contributed by atoms with Gasteiger partial charge < -0.3 is 5.32 Å². The first-order chi connectivity index (χ1) is 14.5. The Morgan fingerprint density at radius 1 is 1.13 bits per heavy atom. The molecule has 0 radical (unpaired) electrons. The van der Waals surface area contributed by atoms with Gasteiger partial charge in [-0.3, -0.25) is 5.43 Å². The van der Waals surface area contributed by atoms with Gasteiger partial charge in [0.25, 0.3) is 0 Å². The fraction of sp³-hybridized carbons (Fsp3) is 0.190. The molecule has 154 valence electrons. The summed E-state index contributed by atoms with van der Waals surface area (Å²) in [6.45, 7) is 0. The molecular weight excluding hydrogens is 418 g/mol. The summed E-state index contributed by atoms with van der Waals surface area (Å²) >= 11 is 5.24. The van der Waals surface area contributed by atoms with E-state index in [1.165, 1.54) is 0 Å². The van der Waals surface area contributed by atoms with Gasteiger partial charge in [0.15, 0.2) is 14.9 Å². The van der Waals surface area contributed by atoms with Gasteiger partial charge >= 0.3 is 0 Å². The lowest BCUT2D eigenvalue weighted by atomic mass is 10.1. The number of rotatable bonds is 5. The number of thiocarbonyl (C=S) groups is 1. The Balaban J connectivity index is 1.51. The molecular formula is C21H21N5O2S2. The van der Waals surface area contributed by atoms with E-state index in [1.54, 1.807) is 6.21 Å². The van der Waals surface area contributed by atoms with Crippen molar-refractivity contribution in [2.45, 2.75) is 12.5 Å². The van der Waals surface area contributed by atoms with Gasteiger partial charge in [-0.2, -0.15) is 10.2 Å². The average Bonchev–Trinajstić information content (AvgIpc) is 3.32. The van der Waals surface area contributed by atoms with Crippen molar-refractivity contribution < 1.29 is 8.42 Å². The van der Waals surface area contributed by atoms with Crippen LogP contribution in [0, 0.1) is 0 Å². The molecule has 2 aromatic carbocycles. The largest absolute Gasteiger partial charge is 0.358 e. The van der Waals surface area contributed by atoms with Gasteiger partial charge in [-0.15, -0.1) is 0 Å². The normalized spacial score (nSPS) is 17.8. The number of sulfone groups is 1. The summed E-state index contributed by atoms with van der Waals surface area (Å²) in [5, 5.41) is 12.3. The molecule has 0 aliphatic carbocycles. The molecule has 0 saturated carbocycles. The van der Waals surface area contributed by atoms with Crippen molar-refractivity contribution in [3.63, 3.8) is 0 Å². The van der Waals surface area contributed by atoms with Crippen LogP contribution in [0.25, 0.3) is 16.9 Å². The van der Waals surface area contributed by atoms with E-state index in [2.05, 4.69) is 15.8 Å². The van der Waals surface area contributed by atoms with Crippen molar-refractivity contribution in [3.05, 3.63) is 72.4 Å². The highest BCUT2D eigenvalue weighted by Gasteiger charge is 2.28. The van der Waals surface area contributed by atoms with Crippen LogP contribution < -0.4 is 10.7 Å². The molecule has 30 heavy (non-hydrogen) atoms. The van der Waals surface area contributed by atoms with E-state index in [4.69, 9.17) is 17.3 Å². The lowest BCUT2D eigenvalue weighted by Gasteiger charge is -2.11. The van der Waals surface area contributed by atoms with Crippen molar-refractivity contribution in [1.29, 1.82) is 0 Å². The van der Waals surface area contributed by atoms with Crippen LogP contribution in [0.15, 0.2) is 72.0 Å². The molecule has 1 aliphatic heterocycles. The van der Waals surface area contributed by atoms with Crippen molar-refractivity contribution in [3.8, 4) is 16.9 Å². The first-order valence-corrected chi connectivity index (χ1v) is 11.7. The fourth-order valence-electron chi connectivity index (χ4n) is 3.30. The predicted octanol–water partition coefficient (Wildman–Crippen LogP) is 2.52. The molecule has 0 bridgehead atoms. The summed E-state index contributed by atoms with van der Waals surface area (Å²) in [6, 6.07) is 19.5. The third-order valence-electron chi connectivity index (χ3n) is 4.75. The Labute approximate surface area is 180 Å². The molecule has 0 spiro atoms. The van der Waals surface area contributed by atoms with Crippen LogP contribution in [0.2, 0.25) is 0 Å². The maximum Gasteiger partial charge on any atom is 0.187 e. The van der Waals surface area contributed by atoms with Gasteiger partial charge in [0, 0.05) is 23.4 Å². The second-order valence-corrected chi connectivity index (χ2v) is 9.66. The molecule has 1 aliphatic rings. The van der Waals surface area contributed by atoms with Gasteiger partial charge in [0.1, 0.15) is 5.69 Å². The number of nitrogens with zero attached hydrogens (tertiary/aromatic N) is 3. The first-order valence-electron chi connectivity index (χ1n) is 9.51.